The molecule has 0 bridgehead atoms. The zero-order chi connectivity index (χ0) is 24.7. The largest absolute Gasteiger partial charge is 0.497 e. The average molecular weight is 502 g/mol. The van der Waals surface area contributed by atoms with Gasteiger partial charge in [0.2, 0.25) is 10.0 Å². The van der Waals surface area contributed by atoms with Crippen molar-refractivity contribution in [3.63, 3.8) is 0 Å². The van der Waals surface area contributed by atoms with Crippen LogP contribution >= 0.6 is 12.2 Å². The number of thiocarbonyl (C=S) groups is 1. The second kappa shape index (κ2) is 11.5. The molecule has 0 aliphatic heterocycles. The Balaban J connectivity index is 1.79. The van der Waals surface area contributed by atoms with Crippen LogP contribution in [0.3, 0.4) is 0 Å². The van der Waals surface area contributed by atoms with Crippen molar-refractivity contribution in [2.75, 3.05) is 25.5 Å². The normalized spacial score (nSPS) is 11.9. The van der Waals surface area contributed by atoms with Crippen LogP contribution in [-0.4, -0.2) is 48.8 Å². The molecule has 0 atom stereocenters. The maximum atomic E-state index is 13.2. The van der Waals surface area contributed by atoms with Gasteiger partial charge in [-0.3, -0.25) is 5.43 Å². The summed E-state index contributed by atoms with van der Waals surface area (Å²) >= 11 is 5.30. The van der Waals surface area contributed by atoms with Gasteiger partial charge in [-0.15, -0.1) is 0 Å². The molecule has 0 amide bonds. The zero-order valence-electron chi connectivity index (χ0n) is 19.9. The van der Waals surface area contributed by atoms with Crippen LogP contribution in [0.15, 0.2) is 58.7 Å². The molecule has 3 aromatic rings. The van der Waals surface area contributed by atoms with Gasteiger partial charge in [-0.1, -0.05) is 13.8 Å². The Bertz CT molecular complexity index is 1260. The molecule has 0 saturated heterocycles. The van der Waals surface area contributed by atoms with Gasteiger partial charge in [0.25, 0.3) is 0 Å². The van der Waals surface area contributed by atoms with Crippen LogP contribution in [0.4, 0.5) is 5.69 Å². The third-order valence-corrected chi connectivity index (χ3v) is 7.38. The van der Waals surface area contributed by atoms with Crippen LogP contribution in [0.2, 0.25) is 0 Å². The minimum atomic E-state index is -3.57. The van der Waals surface area contributed by atoms with Gasteiger partial charge in [0, 0.05) is 48.5 Å². The SMILES string of the molecule is CCCN(CCC)S(=O)(=O)c1ccc2c(c1)c(C=NNC(=S)Nc1ccc(OC)cc1)cn2C. The van der Waals surface area contributed by atoms with E-state index in [1.165, 1.54) is 0 Å². The molecule has 10 heteroatoms. The van der Waals surface area contributed by atoms with Crippen LogP contribution in [0.5, 0.6) is 5.75 Å². The summed E-state index contributed by atoms with van der Waals surface area (Å²) in [6, 6.07) is 12.6. The lowest BCUT2D eigenvalue weighted by molar-refractivity contribution is 0.410. The Morgan fingerprint density at radius 1 is 1.15 bits per heavy atom. The third-order valence-electron chi connectivity index (χ3n) is 5.29. The second-order valence-corrected chi connectivity index (χ2v) is 10.2. The monoisotopic (exact) mass is 501 g/mol. The van der Waals surface area contributed by atoms with Crippen LogP contribution < -0.4 is 15.5 Å². The molecular formula is C24H31N5O3S2. The summed E-state index contributed by atoms with van der Waals surface area (Å²) in [5.41, 5.74) is 5.30. The topological polar surface area (TPSA) is 88.0 Å². The number of rotatable bonds is 10. The number of nitrogens with zero attached hydrogens (tertiary/aromatic N) is 3. The summed E-state index contributed by atoms with van der Waals surface area (Å²) in [5, 5.41) is 8.43. The molecule has 1 aromatic heterocycles. The number of aryl methyl sites for hydroxylation is 1. The Morgan fingerprint density at radius 3 is 2.44 bits per heavy atom. The average Bonchev–Trinajstić information content (AvgIpc) is 3.14. The predicted octanol–water partition coefficient (Wildman–Crippen LogP) is 4.32. The highest BCUT2D eigenvalue weighted by Crippen LogP contribution is 2.25. The van der Waals surface area contributed by atoms with Gasteiger partial charge in [-0.05, 0) is 67.5 Å². The van der Waals surface area contributed by atoms with Crippen molar-refractivity contribution in [1.82, 2.24) is 14.3 Å². The summed E-state index contributed by atoms with van der Waals surface area (Å²) < 4.78 is 35.1. The summed E-state index contributed by atoms with van der Waals surface area (Å²) in [7, 11) is -0.0469. The lowest BCUT2D eigenvalue weighted by atomic mass is 10.2. The van der Waals surface area contributed by atoms with E-state index in [2.05, 4.69) is 15.8 Å². The zero-order valence-corrected chi connectivity index (χ0v) is 21.5. The summed E-state index contributed by atoms with van der Waals surface area (Å²) in [6.07, 6.45) is 5.07. The number of methoxy groups -OCH3 is 1. The van der Waals surface area contributed by atoms with Gasteiger partial charge >= 0.3 is 0 Å². The molecule has 0 saturated carbocycles. The van der Waals surface area contributed by atoms with Crippen LogP contribution in [0, 0.1) is 0 Å². The first-order valence-corrected chi connectivity index (χ1v) is 13.0. The maximum Gasteiger partial charge on any atom is 0.243 e. The number of benzene rings is 2. The number of nitrogens with one attached hydrogen (secondary N) is 2. The molecule has 0 spiro atoms. The van der Waals surface area contributed by atoms with Crippen LogP contribution in [0.1, 0.15) is 32.3 Å². The number of aromatic nitrogens is 1. The molecule has 2 N–H and O–H groups in total. The molecule has 182 valence electrons. The minimum absolute atomic E-state index is 0.285. The smallest absolute Gasteiger partial charge is 0.243 e. The number of hydrogen-bond acceptors (Lipinski definition) is 5. The molecule has 0 fully saturated rings. The fourth-order valence-electron chi connectivity index (χ4n) is 3.66. The van der Waals surface area contributed by atoms with Crippen molar-refractivity contribution >= 4 is 50.2 Å². The predicted molar refractivity (Wildman–Crippen MR) is 142 cm³/mol. The van der Waals surface area contributed by atoms with Crippen molar-refractivity contribution in [3.05, 3.63) is 54.2 Å². The van der Waals surface area contributed by atoms with Gasteiger partial charge in [0.15, 0.2) is 5.11 Å². The lowest BCUT2D eigenvalue weighted by Crippen LogP contribution is -2.32. The van der Waals surface area contributed by atoms with Crippen LogP contribution in [0.25, 0.3) is 10.9 Å². The highest BCUT2D eigenvalue weighted by atomic mass is 32.2. The highest BCUT2D eigenvalue weighted by Gasteiger charge is 2.24. The molecule has 2 aromatic carbocycles. The first-order chi connectivity index (χ1) is 16.3. The first kappa shape index (κ1) is 25.7. The number of hydrogen-bond donors (Lipinski definition) is 2. The van der Waals surface area contributed by atoms with Crippen molar-refractivity contribution in [2.24, 2.45) is 12.1 Å². The van der Waals surface area contributed by atoms with Crippen molar-refractivity contribution in [2.45, 2.75) is 31.6 Å². The fraction of sp³-hybridized carbons (Fsp3) is 0.333. The van der Waals surface area contributed by atoms with Crippen molar-refractivity contribution in [1.29, 1.82) is 0 Å². The second-order valence-electron chi connectivity index (χ2n) is 7.83. The molecule has 3 rings (SSSR count). The van der Waals surface area contributed by atoms with E-state index in [1.54, 1.807) is 29.8 Å². The quantitative estimate of drug-likeness (QED) is 0.244. The number of sulfonamides is 1. The Kier molecular flexibility index (Phi) is 8.65. The van der Waals surface area contributed by atoms with E-state index < -0.39 is 10.0 Å². The molecule has 1 heterocycles. The number of hydrazone groups is 1. The molecule has 0 aliphatic carbocycles. The Labute approximate surface area is 206 Å². The van der Waals surface area contributed by atoms with E-state index in [-0.39, 0.29) is 4.90 Å². The standard InChI is InChI=1S/C24H31N5O3S2/c1-5-13-29(14-6-2)34(30,31)21-11-12-23-22(15-21)18(17-28(23)3)16-25-27-24(33)26-19-7-9-20(32-4)10-8-19/h7-12,15-17H,5-6,13-14H2,1-4H3,(H2,26,27,33). The maximum absolute atomic E-state index is 13.2. The van der Waals surface area contributed by atoms with E-state index in [9.17, 15) is 8.42 Å². The van der Waals surface area contributed by atoms with E-state index in [1.807, 2.05) is 62.0 Å². The van der Waals surface area contributed by atoms with Crippen molar-refractivity contribution in [3.8, 4) is 5.75 Å². The van der Waals surface area contributed by atoms with Gasteiger partial charge in [-0.25, -0.2) is 8.42 Å². The number of anilines is 1. The van der Waals surface area contributed by atoms with E-state index in [0.717, 1.165) is 40.7 Å². The number of fused-ring (bicyclic) bond motifs is 1. The highest BCUT2D eigenvalue weighted by molar-refractivity contribution is 7.89. The molecule has 0 aliphatic rings. The third kappa shape index (κ3) is 5.94. The first-order valence-electron chi connectivity index (χ1n) is 11.1. The van der Waals surface area contributed by atoms with E-state index >= 15 is 0 Å². The van der Waals surface area contributed by atoms with Crippen molar-refractivity contribution < 1.29 is 13.2 Å². The summed E-state index contributed by atoms with van der Waals surface area (Å²) in [6.45, 7) is 4.96. The molecule has 34 heavy (non-hydrogen) atoms. The minimum Gasteiger partial charge on any atom is -0.497 e. The van der Waals surface area contributed by atoms with Crippen LogP contribution in [-0.2, 0) is 17.1 Å². The van der Waals surface area contributed by atoms with E-state index in [4.69, 9.17) is 17.0 Å². The Morgan fingerprint density at radius 2 is 1.82 bits per heavy atom. The molecule has 0 unspecified atom stereocenters. The lowest BCUT2D eigenvalue weighted by Gasteiger charge is -2.21. The van der Waals surface area contributed by atoms with E-state index in [0.29, 0.717) is 18.2 Å². The van der Waals surface area contributed by atoms with Gasteiger partial charge in [-0.2, -0.15) is 9.41 Å². The molecule has 8 nitrogen and oxygen atoms in total. The fourth-order valence-corrected chi connectivity index (χ4v) is 5.48. The summed E-state index contributed by atoms with van der Waals surface area (Å²) in [5.74, 6) is 0.757. The molecule has 0 radical (unpaired) electrons. The Hall–Kier alpha value is -2.95. The van der Waals surface area contributed by atoms with Gasteiger partial charge in [0.05, 0.1) is 18.2 Å². The van der Waals surface area contributed by atoms with Gasteiger partial charge in [0.1, 0.15) is 5.75 Å². The molecular weight excluding hydrogens is 470 g/mol. The summed E-state index contributed by atoms with van der Waals surface area (Å²) in [4.78, 5) is 0.285. The van der Waals surface area contributed by atoms with Gasteiger partial charge < -0.3 is 14.6 Å². The number of ether oxygens (including phenoxy) is 1.